The van der Waals surface area contributed by atoms with Gasteiger partial charge in [-0.1, -0.05) is 13.0 Å². The van der Waals surface area contributed by atoms with E-state index in [9.17, 15) is 18.0 Å². The summed E-state index contributed by atoms with van der Waals surface area (Å²) < 4.78 is 31.7. The molecule has 1 aliphatic rings. The summed E-state index contributed by atoms with van der Waals surface area (Å²) in [4.78, 5) is 23.1. The van der Waals surface area contributed by atoms with Gasteiger partial charge in [0.1, 0.15) is 0 Å². The maximum Gasteiger partial charge on any atom is 0.338 e. The molecule has 0 spiro atoms. The smallest absolute Gasteiger partial charge is 0.338 e. The number of carboxylic acids is 1. The van der Waals surface area contributed by atoms with Gasteiger partial charge >= 0.3 is 11.9 Å². The van der Waals surface area contributed by atoms with Gasteiger partial charge in [-0.2, -0.15) is 4.31 Å². The van der Waals surface area contributed by atoms with Crippen LogP contribution in [0.1, 0.15) is 29.8 Å². The van der Waals surface area contributed by atoms with Gasteiger partial charge < -0.3 is 9.84 Å². The number of carboxylic acid groups (broad SMARTS) is 1. The van der Waals surface area contributed by atoms with Crippen molar-refractivity contribution in [3.63, 3.8) is 0 Å². The molecule has 0 aliphatic carbocycles. The Morgan fingerprint density at radius 2 is 2.00 bits per heavy atom. The van der Waals surface area contributed by atoms with Crippen LogP contribution in [0, 0.1) is 18.8 Å². The van der Waals surface area contributed by atoms with Crippen molar-refractivity contribution < 1.29 is 27.9 Å². The maximum atomic E-state index is 12.8. The van der Waals surface area contributed by atoms with E-state index < -0.39 is 27.9 Å². The van der Waals surface area contributed by atoms with Gasteiger partial charge in [0.15, 0.2) is 0 Å². The van der Waals surface area contributed by atoms with E-state index in [1.165, 1.54) is 12.1 Å². The lowest BCUT2D eigenvalue weighted by atomic mass is 9.99. The molecule has 1 aromatic rings. The SMILES string of the molecule is CCOC(=O)c1cc(S(=O)(=O)N2C[C@@H](C)[C@H](C(=O)O)C2)ccc1C. The number of carbonyl (C=O) groups excluding carboxylic acids is 1. The van der Waals surface area contributed by atoms with Crippen LogP contribution in [-0.4, -0.2) is 49.5 Å². The number of rotatable bonds is 5. The molecule has 1 aromatic carbocycles. The van der Waals surface area contributed by atoms with Crippen LogP contribution in [0.5, 0.6) is 0 Å². The third kappa shape index (κ3) is 3.44. The summed E-state index contributed by atoms with van der Waals surface area (Å²) >= 11 is 0. The van der Waals surface area contributed by atoms with Gasteiger partial charge in [-0.3, -0.25) is 4.79 Å². The molecule has 8 heteroatoms. The largest absolute Gasteiger partial charge is 0.481 e. The third-order valence-electron chi connectivity index (χ3n) is 4.24. The minimum atomic E-state index is -3.86. The Kier molecular flexibility index (Phi) is 5.29. The maximum absolute atomic E-state index is 12.8. The lowest BCUT2D eigenvalue weighted by Gasteiger charge is -2.17. The number of benzene rings is 1. The van der Waals surface area contributed by atoms with E-state index in [0.717, 1.165) is 4.31 Å². The lowest BCUT2D eigenvalue weighted by molar-refractivity contribution is -0.142. The van der Waals surface area contributed by atoms with Crippen LogP contribution in [0.15, 0.2) is 23.1 Å². The van der Waals surface area contributed by atoms with Gasteiger partial charge in [-0.05, 0) is 37.5 Å². The molecule has 0 bridgehead atoms. The minimum Gasteiger partial charge on any atom is -0.481 e. The average Bonchev–Trinajstić information content (AvgIpc) is 2.90. The van der Waals surface area contributed by atoms with Crippen LogP contribution >= 0.6 is 0 Å². The summed E-state index contributed by atoms with van der Waals surface area (Å²) in [7, 11) is -3.86. The fourth-order valence-electron chi connectivity index (χ4n) is 2.78. The van der Waals surface area contributed by atoms with E-state index in [-0.39, 0.29) is 36.1 Å². The summed E-state index contributed by atoms with van der Waals surface area (Å²) in [5, 5.41) is 9.17. The third-order valence-corrected chi connectivity index (χ3v) is 6.07. The molecule has 0 radical (unpaired) electrons. The van der Waals surface area contributed by atoms with Crippen molar-refractivity contribution in [1.29, 1.82) is 0 Å². The van der Waals surface area contributed by atoms with Crippen molar-refractivity contribution >= 4 is 22.0 Å². The molecule has 1 heterocycles. The predicted molar refractivity (Wildman–Crippen MR) is 86.2 cm³/mol. The van der Waals surface area contributed by atoms with E-state index >= 15 is 0 Å². The van der Waals surface area contributed by atoms with E-state index in [1.54, 1.807) is 26.8 Å². The second-order valence-electron chi connectivity index (χ2n) is 5.94. The van der Waals surface area contributed by atoms with E-state index in [2.05, 4.69) is 0 Å². The minimum absolute atomic E-state index is 0.0330. The fraction of sp³-hybridized carbons (Fsp3) is 0.500. The molecule has 2 rings (SSSR count). The first-order chi connectivity index (χ1) is 11.2. The topological polar surface area (TPSA) is 101 Å². The summed E-state index contributed by atoms with van der Waals surface area (Å²) in [5.41, 5.74) is 0.811. The highest BCUT2D eigenvalue weighted by molar-refractivity contribution is 7.89. The molecule has 0 saturated carbocycles. The summed E-state index contributed by atoms with van der Waals surface area (Å²) in [6, 6.07) is 4.26. The van der Waals surface area contributed by atoms with Crippen molar-refractivity contribution in [3.8, 4) is 0 Å². The van der Waals surface area contributed by atoms with Crippen LogP contribution in [0.25, 0.3) is 0 Å². The normalized spacial score (nSPS) is 21.6. The first kappa shape index (κ1) is 18.4. The number of carbonyl (C=O) groups is 2. The van der Waals surface area contributed by atoms with Crippen molar-refractivity contribution in [2.45, 2.75) is 25.7 Å². The predicted octanol–water partition coefficient (Wildman–Crippen LogP) is 1.51. The zero-order valence-corrected chi connectivity index (χ0v) is 14.7. The van der Waals surface area contributed by atoms with Gasteiger partial charge in [0.25, 0.3) is 0 Å². The summed E-state index contributed by atoms with van der Waals surface area (Å²) in [5.74, 6) is -2.58. The van der Waals surface area contributed by atoms with Crippen molar-refractivity contribution in [2.75, 3.05) is 19.7 Å². The Balaban J connectivity index is 2.35. The number of ether oxygens (including phenoxy) is 1. The van der Waals surface area contributed by atoms with Crippen LogP contribution in [0.4, 0.5) is 0 Å². The molecule has 1 aliphatic heterocycles. The molecule has 24 heavy (non-hydrogen) atoms. The quantitative estimate of drug-likeness (QED) is 0.804. The van der Waals surface area contributed by atoms with E-state index in [1.807, 2.05) is 0 Å². The first-order valence-electron chi connectivity index (χ1n) is 7.69. The van der Waals surface area contributed by atoms with Crippen LogP contribution < -0.4 is 0 Å². The van der Waals surface area contributed by atoms with Crippen molar-refractivity contribution in [2.24, 2.45) is 11.8 Å². The average molecular weight is 355 g/mol. The lowest BCUT2D eigenvalue weighted by Crippen LogP contribution is -2.30. The van der Waals surface area contributed by atoms with Crippen molar-refractivity contribution in [3.05, 3.63) is 29.3 Å². The molecule has 0 aromatic heterocycles. The Labute approximate surface area is 141 Å². The summed E-state index contributed by atoms with van der Waals surface area (Å²) in [6.45, 7) is 5.35. The monoisotopic (exact) mass is 355 g/mol. The van der Waals surface area contributed by atoms with Crippen LogP contribution in [0.3, 0.4) is 0 Å². The molecule has 7 nitrogen and oxygen atoms in total. The molecule has 0 unspecified atom stereocenters. The Morgan fingerprint density at radius 1 is 1.33 bits per heavy atom. The fourth-order valence-corrected chi connectivity index (χ4v) is 4.37. The molecular weight excluding hydrogens is 334 g/mol. The molecule has 1 N–H and O–H groups in total. The molecule has 1 fully saturated rings. The number of sulfonamides is 1. The number of hydrogen-bond donors (Lipinski definition) is 1. The molecule has 1 saturated heterocycles. The second kappa shape index (κ2) is 6.90. The van der Waals surface area contributed by atoms with Gasteiger partial charge in [-0.15, -0.1) is 0 Å². The number of hydrogen-bond acceptors (Lipinski definition) is 5. The Morgan fingerprint density at radius 3 is 2.54 bits per heavy atom. The summed E-state index contributed by atoms with van der Waals surface area (Å²) in [6.07, 6.45) is 0. The van der Waals surface area contributed by atoms with Crippen LogP contribution in [0.2, 0.25) is 0 Å². The highest BCUT2D eigenvalue weighted by atomic mass is 32.2. The van der Waals surface area contributed by atoms with Gasteiger partial charge in [0.05, 0.1) is 23.0 Å². The Bertz CT molecular complexity index is 758. The zero-order chi connectivity index (χ0) is 18.1. The molecule has 0 amide bonds. The standard InChI is InChI=1S/C16H21NO6S/c1-4-23-16(20)13-7-12(6-5-10(13)2)24(21,22)17-8-11(3)14(9-17)15(18)19/h5-7,11,14H,4,8-9H2,1-3H3,(H,18,19)/t11-,14-/m1/s1. The van der Waals surface area contributed by atoms with E-state index in [4.69, 9.17) is 9.84 Å². The van der Waals surface area contributed by atoms with Crippen molar-refractivity contribution in [1.82, 2.24) is 4.31 Å². The first-order valence-corrected chi connectivity index (χ1v) is 9.13. The second-order valence-corrected chi connectivity index (χ2v) is 7.88. The molecule has 132 valence electrons. The highest BCUT2D eigenvalue weighted by Crippen LogP contribution is 2.29. The number of aryl methyl sites for hydroxylation is 1. The van der Waals surface area contributed by atoms with Gasteiger partial charge in [0.2, 0.25) is 10.0 Å². The van der Waals surface area contributed by atoms with Gasteiger partial charge in [-0.25, -0.2) is 13.2 Å². The Hall–Kier alpha value is -1.93. The van der Waals surface area contributed by atoms with Gasteiger partial charge in [0, 0.05) is 13.1 Å². The zero-order valence-electron chi connectivity index (χ0n) is 13.9. The molecular formula is C16H21NO6S. The number of nitrogens with zero attached hydrogens (tertiary/aromatic N) is 1. The molecule has 2 atom stereocenters. The van der Waals surface area contributed by atoms with E-state index in [0.29, 0.717) is 5.56 Å². The number of esters is 1. The highest BCUT2D eigenvalue weighted by Gasteiger charge is 2.40. The van der Waals surface area contributed by atoms with Crippen LogP contribution in [-0.2, 0) is 19.6 Å². The number of aliphatic carboxylic acids is 1.